The number of fused-ring (bicyclic) bond motifs is 1. The van der Waals surface area contributed by atoms with Crippen molar-refractivity contribution in [1.82, 2.24) is 0 Å². The van der Waals surface area contributed by atoms with Gasteiger partial charge < -0.3 is 18.9 Å². The molecule has 0 radical (unpaired) electrons. The van der Waals surface area contributed by atoms with Crippen LogP contribution >= 0.6 is 0 Å². The monoisotopic (exact) mass is 456 g/mol. The summed E-state index contributed by atoms with van der Waals surface area (Å²) < 4.78 is 25.1. The van der Waals surface area contributed by atoms with Crippen molar-refractivity contribution in [3.05, 3.63) is 23.8 Å². The molecule has 0 N–H and O–H groups in total. The summed E-state index contributed by atoms with van der Waals surface area (Å²) in [6, 6.07) is 0. The molecule has 4 rings (SSSR count). The number of hydrogen-bond acceptors (Lipinski definition) is 4. The predicted octanol–water partition coefficient (Wildman–Crippen LogP) is 6.55. The Balaban J connectivity index is 1.49. The van der Waals surface area contributed by atoms with Crippen LogP contribution in [0.5, 0.6) is 0 Å². The molecule has 0 spiro atoms. The molecule has 2 aliphatic carbocycles. The van der Waals surface area contributed by atoms with Gasteiger partial charge in [-0.1, -0.05) is 23.8 Å². The third-order valence-corrected chi connectivity index (χ3v) is 8.09. The van der Waals surface area contributed by atoms with Crippen molar-refractivity contribution in [2.24, 2.45) is 17.8 Å². The molecule has 2 heterocycles. The first kappa shape index (κ1) is 25.0. The standard InChI is InChI=1S/C29H44O4/c1-4-6-9-15-29(3,33-28-13-8-11-18-31-28)16-14-24-25-20-22(5-2)19-23(25)21-26(24)32-27-12-7-10-17-30-27/h5,14,16,23-28H,7-13,15,17-21H2,1-3H3/b16-14+,22-5+/t23-,24+,25-,26+,27?,28?,29?/m0/s1. The number of rotatable bonds is 8. The summed E-state index contributed by atoms with van der Waals surface area (Å²) >= 11 is 0. The fourth-order valence-corrected chi connectivity index (χ4v) is 6.18. The summed E-state index contributed by atoms with van der Waals surface area (Å²) in [5.74, 6) is 8.05. The molecule has 7 atom stereocenters. The summed E-state index contributed by atoms with van der Waals surface area (Å²) in [4.78, 5) is 0. The van der Waals surface area contributed by atoms with Crippen LogP contribution in [0.25, 0.3) is 0 Å². The van der Waals surface area contributed by atoms with Crippen LogP contribution in [0.15, 0.2) is 23.8 Å². The molecule has 33 heavy (non-hydrogen) atoms. The van der Waals surface area contributed by atoms with E-state index in [9.17, 15) is 0 Å². The molecular weight excluding hydrogens is 412 g/mol. The Bertz CT molecular complexity index is 734. The zero-order valence-electron chi connectivity index (χ0n) is 21.0. The first-order valence-corrected chi connectivity index (χ1v) is 13.4. The first-order valence-electron chi connectivity index (χ1n) is 13.4. The Morgan fingerprint density at radius 3 is 2.48 bits per heavy atom. The topological polar surface area (TPSA) is 36.9 Å². The highest BCUT2D eigenvalue weighted by Gasteiger charge is 2.47. The Morgan fingerprint density at radius 2 is 1.82 bits per heavy atom. The molecule has 4 heteroatoms. The van der Waals surface area contributed by atoms with Crippen LogP contribution < -0.4 is 0 Å². The van der Waals surface area contributed by atoms with Gasteiger partial charge in [-0.3, -0.25) is 0 Å². The third kappa shape index (κ3) is 6.73. The Morgan fingerprint density at radius 1 is 1.06 bits per heavy atom. The van der Waals surface area contributed by atoms with E-state index in [4.69, 9.17) is 18.9 Å². The summed E-state index contributed by atoms with van der Waals surface area (Å²) in [5, 5.41) is 0. The van der Waals surface area contributed by atoms with Gasteiger partial charge in [0.1, 0.15) is 0 Å². The van der Waals surface area contributed by atoms with Gasteiger partial charge in [0, 0.05) is 25.6 Å². The van der Waals surface area contributed by atoms with Crippen LogP contribution in [0.3, 0.4) is 0 Å². The average molecular weight is 457 g/mol. The molecule has 4 aliphatic rings. The van der Waals surface area contributed by atoms with Gasteiger partial charge in [-0.05, 0) is 96.8 Å². The molecule has 0 amide bonds. The number of ether oxygens (including phenoxy) is 4. The van der Waals surface area contributed by atoms with Crippen molar-refractivity contribution in [3.63, 3.8) is 0 Å². The fraction of sp³-hybridized carbons (Fsp3) is 0.793. The van der Waals surface area contributed by atoms with Crippen molar-refractivity contribution >= 4 is 0 Å². The largest absolute Gasteiger partial charge is 0.353 e. The summed E-state index contributed by atoms with van der Waals surface area (Å²) in [5.41, 5.74) is 1.24. The lowest BCUT2D eigenvalue weighted by Crippen LogP contribution is -2.36. The molecule has 0 aromatic carbocycles. The van der Waals surface area contributed by atoms with Crippen LogP contribution in [0.4, 0.5) is 0 Å². The normalized spacial score (nSPS) is 37.6. The maximum Gasteiger partial charge on any atom is 0.158 e. The van der Waals surface area contributed by atoms with Gasteiger partial charge in [0.25, 0.3) is 0 Å². The molecule has 0 aromatic heterocycles. The minimum Gasteiger partial charge on any atom is -0.353 e. The molecule has 4 nitrogen and oxygen atoms in total. The molecule has 0 bridgehead atoms. The van der Waals surface area contributed by atoms with Gasteiger partial charge in [0.05, 0.1) is 11.7 Å². The zero-order valence-corrected chi connectivity index (χ0v) is 21.0. The van der Waals surface area contributed by atoms with Crippen LogP contribution in [0.2, 0.25) is 0 Å². The van der Waals surface area contributed by atoms with Crippen LogP contribution in [0.1, 0.15) is 91.4 Å². The van der Waals surface area contributed by atoms with E-state index >= 15 is 0 Å². The Kier molecular flexibility index (Phi) is 9.11. The van der Waals surface area contributed by atoms with E-state index in [0.717, 1.165) is 64.1 Å². The van der Waals surface area contributed by atoms with Crippen molar-refractivity contribution in [1.29, 1.82) is 0 Å². The van der Waals surface area contributed by atoms with E-state index in [-0.39, 0.29) is 24.3 Å². The van der Waals surface area contributed by atoms with E-state index in [1.54, 1.807) is 5.57 Å². The van der Waals surface area contributed by atoms with Crippen molar-refractivity contribution < 1.29 is 18.9 Å². The molecular formula is C29H44O4. The van der Waals surface area contributed by atoms with Gasteiger partial charge in [0.15, 0.2) is 12.6 Å². The van der Waals surface area contributed by atoms with Crippen molar-refractivity contribution in [2.75, 3.05) is 13.2 Å². The Labute approximate surface area is 201 Å². The molecule has 2 aliphatic heterocycles. The van der Waals surface area contributed by atoms with Gasteiger partial charge in [-0.25, -0.2) is 0 Å². The highest BCUT2D eigenvalue weighted by atomic mass is 16.7. The van der Waals surface area contributed by atoms with Gasteiger partial charge in [-0.2, -0.15) is 0 Å². The minimum absolute atomic E-state index is 0.0298. The summed E-state index contributed by atoms with van der Waals surface area (Å²) in [6.45, 7) is 7.94. The second kappa shape index (κ2) is 12.0. The second-order valence-electron chi connectivity index (χ2n) is 10.6. The molecule has 184 valence electrons. The van der Waals surface area contributed by atoms with Gasteiger partial charge in [-0.15, -0.1) is 11.8 Å². The van der Waals surface area contributed by atoms with Crippen LogP contribution in [0, 0.1) is 29.6 Å². The lowest BCUT2D eigenvalue weighted by molar-refractivity contribution is -0.208. The minimum atomic E-state index is -0.377. The van der Waals surface area contributed by atoms with E-state index in [1.807, 2.05) is 6.92 Å². The Hall–Kier alpha value is -1.12. The quantitative estimate of drug-likeness (QED) is 0.306. The smallest absolute Gasteiger partial charge is 0.158 e. The molecule has 2 saturated heterocycles. The van der Waals surface area contributed by atoms with E-state index < -0.39 is 0 Å². The zero-order chi connectivity index (χ0) is 23.1. The van der Waals surface area contributed by atoms with Gasteiger partial charge >= 0.3 is 0 Å². The predicted molar refractivity (Wildman–Crippen MR) is 131 cm³/mol. The third-order valence-electron chi connectivity index (χ3n) is 8.09. The summed E-state index contributed by atoms with van der Waals surface area (Å²) in [6.07, 6.45) is 19.1. The lowest BCUT2D eigenvalue weighted by atomic mass is 9.88. The average Bonchev–Trinajstić information content (AvgIpc) is 3.36. The van der Waals surface area contributed by atoms with Gasteiger partial charge in [0.2, 0.25) is 0 Å². The maximum atomic E-state index is 6.60. The van der Waals surface area contributed by atoms with Crippen molar-refractivity contribution in [3.8, 4) is 11.8 Å². The number of allylic oxidation sites excluding steroid dienone is 2. The van der Waals surface area contributed by atoms with Crippen LogP contribution in [-0.2, 0) is 18.9 Å². The van der Waals surface area contributed by atoms with E-state index in [1.165, 1.54) is 25.7 Å². The second-order valence-corrected chi connectivity index (χ2v) is 10.6. The SMILES string of the molecule is CC#CCCC(C)(/C=C/[C@@H]1[C@H]2C/C(=C/C)C[C@H]2C[C@H]1OC1CCCCO1)OC1CCCCO1. The van der Waals surface area contributed by atoms with E-state index in [0.29, 0.717) is 11.8 Å². The highest BCUT2D eigenvalue weighted by Crippen LogP contribution is 2.52. The number of hydrogen-bond donors (Lipinski definition) is 0. The fourth-order valence-electron chi connectivity index (χ4n) is 6.18. The molecule has 2 saturated carbocycles. The first-order chi connectivity index (χ1) is 16.1. The summed E-state index contributed by atoms with van der Waals surface area (Å²) in [7, 11) is 0. The van der Waals surface area contributed by atoms with Crippen LogP contribution in [-0.4, -0.2) is 37.5 Å². The molecule has 0 aromatic rings. The maximum absolute atomic E-state index is 6.60. The van der Waals surface area contributed by atoms with Crippen molar-refractivity contribution in [2.45, 2.75) is 116 Å². The lowest BCUT2D eigenvalue weighted by Gasteiger charge is -2.34. The highest BCUT2D eigenvalue weighted by molar-refractivity contribution is 5.18. The molecule has 3 unspecified atom stereocenters. The van der Waals surface area contributed by atoms with E-state index in [2.05, 4.69) is 43.9 Å². The molecule has 4 fully saturated rings.